The molecule has 1 aliphatic heterocycles. The maximum atomic E-state index is 5.93. The number of ether oxygens (including phenoxy) is 1. The van der Waals surface area contributed by atoms with Crippen LogP contribution in [0.4, 0.5) is 0 Å². The Morgan fingerprint density at radius 1 is 1.31 bits per heavy atom. The minimum Gasteiger partial charge on any atom is -0.492 e. The highest BCUT2D eigenvalue weighted by Gasteiger charge is 2.24. The van der Waals surface area contributed by atoms with Gasteiger partial charge in [-0.3, -0.25) is 10.1 Å². The van der Waals surface area contributed by atoms with Crippen LogP contribution in [-0.2, 0) is 5.41 Å². The predicted octanol–water partition coefficient (Wildman–Crippen LogP) is 3.55. The van der Waals surface area contributed by atoms with Crippen molar-refractivity contribution in [3.63, 3.8) is 0 Å². The fraction of sp³-hybridized carbons (Fsp3) is 0.571. The van der Waals surface area contributed by atoms with Gasteiger partial charge in [0, 0.05) is 26.1 Å². The Bertz CT molecular complexity index is 764. The highest BCUT2D eigenvalue weighted by Crippen LogP contribution is 2.26. The molecule has 1 saturated heterocycles. The van der Waals surface area contributed by atoms with Gasteiger partial charge in [0.05, 0.1) is 6.54 Å². The Kier molecular flexibility index (Phi) is 8.73. The lowest BCUT2D eigenvalue weighted by atomic mass is 9.87. The summed E-state index contributed by atoms with van der Waals surface area (Å²) in [5.41, 5.74) is 1.40. The van der Waals surface area contributed by atoms with Crippen molar-refractivity contribution >= 4 is 29.9 Å². The van der Waals surface area contributed by atoms with Crippen molar-refractivity contribution < 1.29 is 4.74 Å². The van der Waals surface area contributed by atoms with Crippen molar-refractivity contribution in [1.82, 2.24) is 25.4 Å². The number of guanidine groups is 1. The molecule has 2 N–H and O–H groups in total. The Balaban J connectivity index is 0.00000300. The lowest BCUT2D eigenvalue weighted by Gasteiger charge is -2.33. The number of aromatic amines is 1. The monoisotopic (exact) mass is 512 g/mol. The molecule has 1 aromatic carbocycles. The summed E-state index contributed by atoms with van der Waals surface area (Å²) < 4.78 is 5.93. The van der Waals surface area contributed by atoms with E-state index in [1.165, 1.54) is 5.56 Å². The van der Waals surface area contributed by atoms with Crippen LogP contribution in [0, 0.1) is 0 Å². The highest BCUT2D eigenvalue weighted by molar-refractivity contribution is 14.0. The molecule has 0 spiro atoms. The molecule has 0 unspecified atom stereocenters. The molecule has 8 heteroatoms. The van der Waals surface area contributed by atoms with E-state index in [2.05, 4.69) is 69.4 Å². The van der Waals surface area contributed by atoms with Crippen LogP contribution in [0.1, 0.15) is 50.9 Å². The number of nitrogens with one attached hydrogen (secondary N) is 2. The smallest absolute Gasteiger partial charge is 0.193 e. The molecule has 7 nitrogen and oxygen atoms in total. The number of likely N-dealkylation sites (tertiary alicyclic amines) is 1. The Hall–Kier alpha value is -1.84. The minimum absolute atomic E-state index is 0. The van der Waals surface area contributed by atoms with Crippen molar-refractivity contribution in [2.24, 2.45) is 4.99 Å². The average Bonchev–Trinajstić information content (AvgIpc) is 3.23. The molecule has 2 heterocycles. The summed E-state index contributed by atoms with van der Waals surface area (Å²) in [5.74, 6) is 3.30. The molecule has 1 aromatic heterocycles. The number of nitrogens with zero attached hydrogens (tertiary/aromatic N) is 4. The summed E-state index contributed by atoms with van der Waals surface area (Å²) >= 11 is 0. The van der Waals surface area contributed by atoms with E-state index in [9.17, 15) is 0 Å². The lowest BCUT2D eigenvalue weighted by molar-refractivity contribution is 0.289. The van der Waals surface area contributed by atoms with E-state index < -0.39 is 0 Å². The fourth-order valence-corrected chi connectivity index (χ4v) is 3.49. The highest BCUT2D eigenvalue weighted by atomic mass is 127. The van der Waals surface area contributed by atoms with Crippen LogP contribution in [0.25, 0.3) is 0 Å². The van der Waals surface area contributed by atoms with Crippen LogP contribution >= 0.6 is 24.0 Å². The van der Waals surface area contributed by atoms with Crippen LogP contribution in [0.5, 0.6) is 5.75 Å². The maximum absolute atomic E-state index is 5.93. The first-order valence-corrected chi connectivity index (χ1v) is 10.0. The predicted molar refractivity (Wildman–Crippen MR) is 127 cm³/mol. The topological polar surface area (TPSA) is 78.4 Å². The summed E-state index contributed by atoms with van der Waals surface area (Å²) in [6.45, 7) is 9.87. The van der Waals surface area contributed by atoms with Crippen molar-refractivity contribution in [3.05, 3.63) is 42.0 Å². The van der Waals surface area contributed by atoms with Crippen LogP contribution in [0.2, 0.25) is 0 Å². The number of halogens is 1. The van der Waals surface area contributed by atoms with E-state index in [0.717, 1.165) is 43.5 Å². The van der Waals surface area contributed by atoms with Crippen LogP contribution in [0.15, 0.2) is 35.6 Å². The molecule has 1 aliphatic rings. The second kappa shape index (κ2) is 10.8. The Labute approximate surface area is 190 Å². The van der Waals surface area contributed by atoms with Gasteiger partial charge in [0.1, 0.15) is 24.5 Å². The maximum Gasteiger partial charge on any atom is 0.193 e. The van der Waals surface area contributed by atoms with E-state index >= 15 is 0 Å². The van der Waals surface area contributed by atoms with Gasteiger partial charge in [0.2, 0.25) is 0 Å². The van der Waals surface area contributed by atoms with E-state index in [-0.39, 0.29) is 29.4 Å². The summed E-state index contributed by atoms with van der Waals surface area (Å²) in [6, 6.07) is 8.34. The Morgan fingerprint density at radius 3 is 2.69 bits per heavy atom. The van der Waals surface area contributed by atoms with Gasteiger partial charge in [0.15, 0.2) is 5.96 Å². The Morgan fingerprint density at radius 2 is 2.07 bits per heavy atom. The first kappa shape index (κ1) is 23.4. The van der Waals surface area contributed by atoms with Gasteiger partial charge in [-0.25, -0.2) is 4.98 Å². The zero-order valence-electron chi connectivity index (χ0n) is 17.8. The average molecular weight is 512 g/mol. The summed E-state index contributed by atoms with van der Waals surface area (Å²) in [4.78, 5) is 11.0. The van der Waals surface area contributed by atoms with E-state index in [1.807, 2.05) is 13.1 Å². The van der Waals surface area contributed by atoms with Gasteiger partial charge in [-0.1, -0.05) is 32.9 Å². The summed E-state index contributed by atoms with van der Waals surface area (Å²) in [5, 5.41) is 10.4. The van der Waals surface area contributed by atoms with Crippen LogP contribution in [0.3, 0.4) is 0 Å². The largest absolute Gasteiger partial charge is 0.492 e. The number of piperidine rings is 1. The molecule has 160 valence electrons. The second-order valence-corrected chi connectivity index (χ2v) is 8.23. The molecule has 0 atom stereocenters. The lowest BCUT2D eigenvalue weighted by Crippen LogP contribution is -2.46. The first-order valence-electron chi connectivity index (χ1n) is 10.0. The van der Waals surface area contributed by atoms with E-state index in [0.29, 0.717) is 19.1 Å². The third-order valence-electron chi connectivity index (χ3n) is 5.18. The number of rotatable bonds is 5. The number of hydrogen-bond acceptors (Lipinski definition) is 4. The number of aromatic nitrogens is 3. The van der Waals surface area contributed by atoms with Crippen LogP contribution < -0.4 is 10.1 Å². The molecule has 29 heavy (non-hydrogen) atoms. The third kappa shape index (κ3) is 6.58. The van der Waals surface area contributed by atoms with Gasteiger partial charge in [0.25, 0.3) is 0 Å². The van der Waals surface area contributed by atoms with Crippen molar-refractivity contribution in [1.29, 1.82) is 0 Å². The SMILES string of the molecule is CN=C(NCCOc1cccc(C(C)(C)C)c1)N1CCC(c2ncn[nH]2)CC1.I. The zero-order valence-corrected chi connectivity index (χ0v) is 20.1. The molecule has 2 aromatic rings. The molecule has 0 aliphatic carbocycles. The van der Waals surface area contributed by atoms with Gasteiger partial charge in [-0.05, 0) is 36.0 Å². The number of benzene rings is 1. The standard InChI is InChI=1S/C21H32N6O.HI/c1-21(2,3)17-6-5-7-18(14-17)28-13-10-23-20(22-4)27-11-8-16(9-12-27)19-24-15-25-26-19;/h5-7,14-16H,8-13H2,1-4H3,(H,22,23)(H,24,25,26);1H. The number of aliphatic imine (C=N–C) groups is 1. The minimum atomic E-state index is 0. The summed E-state index contributed by atoms with van der Waals surface area (Å²) in [7, 11) is 1.83. The second-order valence-electron chi connectivity index (χ2n) is 8.23. The summed E-state index contributed by atoms with van der Waals surface area (Å²) in [6.07, 6.45) is 3.68. The molecule has 1 fully saturated rings. The first-order chi connectivity index (χ1) is 13.5. The van der Waals surface area contributed by atoms with Crippen molar-refractivity contribution in [2.75, 3.05) is 33.3 Å². The van der Waals surface area contributed by atoms with Crippen molar-refractivity contribution in [3.8, 4) is 5.75 Å². The molecular weight excluding hydrogens is 479 g/mol. The normalized spacial score (nSPS) is 15.7. The van der Waals surface area contributed by atoms with Crippen molar-refractivity contribution in [2.45, 2.75) is 44.9 Å². The number of H-pyrrole nitrogens is 1. The quantitative estimate of drug-likeness (QED) is 0.277. The van der Waals surface area contributed by atoms with Crippen LogP contribution in [-0.4, -0.2) is 59.3 Å². The van der Waals surface area contributed by atoms with Gasteiger partial charge in [-0.15, -0.1) is 24.0 Å². The van der Waals surface area contributed by atoms with Gasteiger partial charge >= 0.3 is 0 Å². The van der Waals surface area contributed by atoms with E-state index in [4.69, 9.17) is 4.74 Å². The number of hydrogen-bond donors (Lipinski definition) is 2. The molecule has 0 saturated carbocycles. The third-order valence-corrected chi connectivity index (χ3v) is 5.18. The molecule has 0 radical (unpaired) electrons. The molecule has 0 bridgehead atoms. The van der Waals surface area contributed by atoms with Gasteiger partial charge in [-0.2, -0.15) is 5.10 Å². The molecular formula is C21H33IN6O. The molecule has 3 rings (SSSR count). The van der Waals surface area contributed by atoms with E-state index in [1.54, 1.807) is 6.33 Å². The fourth-order valence-electron chi connectivity index (χ4n) is 3.49. The molecule has 0 amide bonds. The van der Waals surface area contributed by atoms with Gasteiger partial charge < -0.3 is 15.0 Å². The zero-order chi connectivity index (χ0) is 20.0.